The summed E-state index contributed by atoms with van der Waals surface area (Å²) in [6, 6.07) is 20.4. The molecule has 33 heavy (non-hydrogen) atoms. The first-order valence-corrected chi connectivity index (χ1v) is 12.3. The molecule has 3 saturated heterocycles. The van der Waals surface area contributed by atoms with E-state index in [1.807, 2.05) is 17.0 Å². The van der Waals surface area contributed by atoms with Crippen LogP contribution in [0.25, 0.3) is 0 Å². The second kappa shape index (κ2) is 10.7. The number of ether oxygens (including phenoxy) is 2. The van der Waals surface area contributed by atoms with Gasteiger partial charge in [-0.05, 0) is 49.1 Å². The van der Waals surface area contributed by atoms with Gasteiger partial charge in [-0.1, -0.05) is 42.5 Å². The van der Waals surface area contributed by atoms with Crippen molar-refractivity contribution in [3.63, 3.8) is 0 Å². The number of benzene rings is 2. The minimum absolute atomic E-state index is 0.0283. The molecule has 0 bridgehead atoms. The zero-order valence-corrected chi connectivity index (χ0v) is 19.4. The summed E-state index contributed by atoms with van der Waals surface area (Å²) < 4.78 is 11.1. The number of nitrogens with zero attached hydrogens (tertiary/aromatic N) is 3. The van der Waals surface area contributed by atoms with Gasteiger partial charge in [0.15, 0.2) is 6.61 Å². The number of rotatable bonds is 7. The highest BCUT2D eigenvalue weighted by atomic mass is 16.5. The van der Waals surface area contributed by atoms with Crippen LogP contribution in [0.5, 0.6) is 5.75 Å². The molecule has 0 spiro atoms. The molecule has 0 saturated carbocycles. The molecule has 176 valence electrons. The van der Waals surface area contributed by atoms with Gasteiger partial charge < -0.3 is 14.4 Å². The van der Waals surface area contributed by atoms with E-state index in [1.54, 1.807) is 0 Å². The molecule has 6 heteroatoms. The Morgan fingerprint density at radius 1 is 0.939 bits per heavy atom. The molecule has 1 amide bonds. The van der Waals surface area contributed by atoms with Gasteiger partial charge in [-0.3, -0.25) is 14.6 Å². The molecular weight excluding hydrogens is 414 g/mol. The summed E-state index contributed by atoms with van der Waals surface area (Å²) in [5.41, 5.74) is 2.71. The first kappa shape index (κ1) is 22.4. The number of carbonyl (C=O) groups excluding carboxylic acids is 1. The Labute approximate surface area is 197 Å². The van der Waals surface area contributed by atoms with Crippen molar-refractivity contribution in [2.45, 2.75) is 37.9 Å². The zero-order valence-electron chi connectivity index (χ0n) is 19.4. The number of carbonyl (C=O) groups is 1. The van der Waals surface area contributed by atoms with E-state index in [0.29, 0.717) is 38.4 Å². The Balaban J connectivity index is 1.19. The number of morpholine rings is 1. The molecule has 2 aromatic carbocycles. The van der Waals surface area contributed by atoms with Gasteiger partial charge in [0.1, 0.15) is 5.75 Å². The molecule has 0 radical (unpaired) electrons. The van der Waals surface area contributed by atoms with Gasteiger partial charge in [0.05, 0.1) is 13.2 Å². The molecular formula is C27H35N3O3. The lowest BCUT2D eigenvalue weighted by Gasteiger charge is -2.44. The molecule has 3 heterocycles. The topological polar surface area (TPSA) is 45.2 Å². The Morgan fingerprint density at radius 3 is 2.52 bits per heavy atom. The van der Waals surface area contributed by atoms with E-state index in [2.05, 4.69) is 52.3 Å². The summed E-state index contributed by atoms with van der Waals surface area (Å²) in [6.45, 7) is 7.12. The summed E-state index contributed by atoms with van der Waals surface area (Å²) >= 11 is 0. The predicted molar refractivity (Wildman–Crippen MR) is 128 cm³/mol. The lowest BCUT2D eigenvalue weighted by atomic mass is 9.99. The van der Waals surface area contributed by atoms with Crippen LogP contribution in [-0.4, -0.2) is 85.2 Å². The minimum atomic E-state index is 0.0283. The first-order valence-electron chi connectivity index (χ1n) is 12.3. The van der Waals surface area contributed by atoms with Crippen molar-refractivity contribution in [2.75, 3.05) is 52.5 Å². The molecule has 0 aromatic heterocycles. The highest BCUT2D eigenvalue weighted by Crippen LogP contribution is 2.28. The average molecular weight is 450 g/mol. The number of hydrogen-bond acceptors (Lipinski definition) is 5. The summed E-state index contributed by atoms with van der Waals surface area (Å²) in [5, 5.41) is 0. The fourth-order valence-corrected chi connectivity index (χ4v) is 5.40. The fraction of sp³-hybridized carbons (Fsp3) is 0.519. The average Bonchev–Trinajstić information content (AvgIpc) is 3.32. The van der Waals surface area contributed by atoms with Gasteiger partial charge in [0.2, 0.25) is 0 Å². The number of hydrogen-bond donors (Lipinski definition) is 0. The SMILES string of the molecule is O=C(COc1ccc(CN2C[C@@H]3CCCN3C[C@@H]2Cc2ccccc2)cc1)N1CCOCC1. The molecule has 6 nitrogen and oxygen atoms in total. The second-order valence-corrected chi connectivity index (χ2v) is 9.49. The van der Waals surface area contributed by atoms with Gasteiger partial charge in [-0.25, -0.2) is 0 Å². The van der Waals surface area contributed by atoms with Crippen LogP contribution in [0.3, 0.4) is 0 Å². The lowest BCUT2D eigenvalue weighted by Crippen LogP contribution is -2.56. The Morgan fingerprint density at radius 2 is 1.73 bits per heavy atom. The number of fused-ring (bicyclic) bond motifs is 1. The van der Waals surface area contributed by atoms with Crippen LogP contribution in [0.4, 0.5) is 0 Å². The fourth-order valence-electron chi connectivity index (χ4n) is 5.40. The summed E-state index contributed by atoms with van der Waals surface area (Å²) in [6.07, 6.45) is 3.74. The molecule has 3 aliphatic heterocycles. The third kappa shape index (κ3) is 5.75. The lowest BCUT2D eigenvalue weighted by molar-refractivity contribution is -0.137. The molecule has 2 aromatic rings. The van der Waals surface area contributed by atoms with Gasteiger partial charge in [0, 0.05) is 44.8 Å². The number of piperazine rings is 1. The normalized spacial score (nSPS) is 23.9. The van der Waals surface area contributed by atoms with Gasteiger partial charge in [-0.15, -0.1) is 0 Å². The van der Waals surface area contributed by atoms with Crippen LogP contribution in [0.15, 0.2) is 54.6 Å². The van der Waals surface area contributed by atoms with E-state index >= 15 is 0 Å². The van der Waals surface area contributed by atoms with Crippen LogP contribution in [0, 0.1) is 0 Å². The van der Waals surface area contributed by atoms with E-state index in [0.717, 1.165) is 31.8 Å². The number of amides is 1. The van der Waals surface area contributed by atoms with E-state index in [4.69, 9.17) is 9.47 Å². The van der Waals surface area contributed by atoms with E-state index in [-0.39, 0.29) is 12.5 Å². The van der Waals surface area contributed by atoms with E-state index < -0.39 is 0 Å². The molecule has 5 rings (SSSR count). The third-order valence-corrected chi connectivity index (χ3v) is 7.26. The molecule has 3 fully saturated rings. The highest BCUT2D eigenvalue weighted by Gasteiger charge is 2.36. The molecule has 2 atom stereocenters. The van der Waals surface area contributed by atoms with Crippen molar-refractivity contribution >= 4 is 5.91 Å². The molecule has 0 N–H and O–H groups in total. The van der Waals surface area contributed by atoms with Gasteiger partial charge in [-0.2, -0.15) is 0 Å². The third-order valence-electron chi connectivity index (χ3n) is 7.26. The standard InChI is InChI=1S/C27H35N3O3/c31-27(28-13-15-32-16-14-28)21-33-26-10-8-23(9-11-26)18-30-19-24-7-4-12-29(24)20-25(30)17-22-5-2-1-3-6-22/h1-3,5-6,8-11,24-25H,4,7,12-21H2/t24-,25-/m0/s1. The quantitative estimate of drug-likeness (QED) is 0.651. The van der Waals surface area contributed by atoms with Gasteiger partial charge >= 0.3 is 0 Å². The second-order valence-electron chi connectivity index (χ2n) is 9.49. The predicted octanol–water partition coefficient (Wildman–Crippen LogP) is 2.82. The van der Waals surface area contributed by atoms with Crippen molar-refractivity contribution in [3.05, 3.63) is 65.7 Å². The van der Waals surface area contributed by atoms with E-state index in [1.165, 1.54) is 30.5 Å². The van der Waals surface area contributed by atoms with Crippen molar-refractivity contribution in [3.8, 4) is 5.75 Å². The zero-order chi connectivity index (χ0) is 22.5. The summed E-state index contributed by atoms with van der Waals surface area (Å²) in [5.74, 6) is 0.780. The smallest absolute Gasteiger partial charge is 0.260 e. The maximum Gasteiger partial charge on any atom is 0.260 e. The highest BCUT2D eigenvalue weighted by molar-refractivity contribution is 5.77. The molecule has 3 aliphatic rings. The van der Waals surface area contributed by atoms with Crippen molar-refractivity contribution in [2.24, 2.45) is 0 Å². The van der Waals surface area contributed by atoms with Crippen molar-refractivity contribution in [1.82, 2.24) is 14.7 Å². The van der Waals surface area contributed by atoms with Crippen LogP contribution in [-0.2, 0) is 22.5 Å². The molecule has 0 aliphatic carbocycles. The Bertz CT molecular complexity index is 899. The maximum atomic E-state index is 12.3. The Kier molecular flexibility index (Phi) is 7.24. The monoisotopic (exact) mass is 449 g/mol. The van der Waals surface area contributed by atoms with Gasteiger partial charge in [0.25, 0.3) is 5.91 Å². The van der Waals surface area contributed by atoms with Crippen molar-refractivity contribution < 1.29 is 14.3 Å². The van der Waals surface area contributed by atoms with Crippen LogP contribution in [0.2, 0.25) is 0 Å². The minimum Gasteiger partial charge on any atom is -0.484 e. The molecule has 0 unspecified atom stereocenters. The van der Waals surface area contributed by atoms with Crippen LogP contribution in [0.1, 0.15) is 24.0 Å². The Hall–Kier alpha value is -2.41. The van der Waals surface area contributed by atoms with Crippen LogP contribution >= 0.6 is 0 Å². The maximum absolute atomic E-state index is 12.3. The summed E-state index contributed by atoms with van der Waals surface area (Å²) in [4.78, 5) is 19.5. The largest absolute Gasteiger partial charge is 0.484 e. The van der Waals surface area contributed by atoms with E-state index in [9.17, 15) is 4.79 Å². The van der Waals surface area contributed by atoms with Crippen LogP contribution < -0.4 is 4.74 Å². The van der Waals surface area contributed by atoms with Crippen molar-refractivity contribution in [1.29, 1.82) is 0 Å². The first-order chi connectivity index (χ1) is 16.2. The summed E-state index contributed by atoms with van der Waals surface area (Å²) in [7, 11) is 0.